The van der Waals surface area contributed by atoms with Crippen LogP contribution in [0.25, 0.3) is 0 Å². The normalized spacial score (nSPS) is 12.2. The van der Waals surface area contributed by atoms with Crippen molar-refractivity contribution in [1.29, 1.82) is 0 Å². The molecule has 134 valence electrons. The van der Waals surface area contributed by atoms with Crippen LogP contribution < -0.4 is 0 Å². The van der Waals surface area contributed by atoms with E-state index in [1.54, 1.807) is 10.8 Å². The van der Waals surface area contributed by atoms with Crippen LogP contribution in [-0.4, -0.2) is 32.9 Å². The van der Waals surface area contributed by atoms with Crippen molar-refractivity contribution in [2.24, 2.45) is 5.16 Å². The summed E-state index contributed by atoms with van der Waals surface area (Å²) in [5, 5.41) is 12.5. The van der Waals surface area contributed by atoms with Gasteiger partial charge in [-0.05, 0) is 18.6 Å². The molecule has 0 fully saturated rings. The fraction of sp³-hybridized carbons (Fsp3) is 0.312. The molecule has 0 saturated carbocycles. The van der Waals surface area contributed by atoms with Gasteiger partial charge in [0.05, 0.1) is 18.4 Å². The number of hydrogen-bond donors (Lipinski definition) is 1. The Bertz CT molecular complexity index is 728. The van der Waals surface area contributed by atoms with Crippen LogP contribution in [0.4, 0.5) is 13.2 Å². The van der Waals surface area contributed by atoms with E-state index in [0.29, 0.717) is 0 Å². The number of carbonyl (C=O) groups is 1. The number of carboxylic acid groups (broad SMARTS) is 1. The van der Waals surface area contributed by atoms with E-state index in [1.807, 2.05) is 0 Å². The minimum absolute atomic E-state index is 0.0543. The molecule has 0 unspecified atom stereocenters. The van der Waals surface area contributed by atoms with Gasteiger partial charge in [-0.1, -0.05) is 17.3 Å². The number of hydrogen-bond acceptors (Lipinski definition) is 4. The van der Waals surface area contributed by atoms with Crippen LogP contribution in [0.1, 0.15) is 24.0 Å². The number of alkyl halides is 3. The zero-order valence-corrected chi connectivity index (χ0v) is 13.1. The molecule has 2 rings (SSSR count). The van der Waals surface area contributed by atoms with Crippen molar-refractivity contribution in [3.63, 3.8) is 0 Å². The molecule has 0 atom stereocenters. The number of benzene rings is 1. The Kier molecular flexibility index (Phi) is 6.15. The van der Waals surface area contributed by atoms with E-state index in [4.69, 9.17) is 9.94 Å². The molecular weight excluding hydrogens is 339 g/mol. The molecule has 0 amide bonds. The molecule has 0 radical (unpaired) electrons. The third-order valence-electron chi connectivity index (χ3n) is 3.22. The first-order valence-corrected chi connectivity index (χ1v) is 7.40. The summed E-state index contributed by atoms with van der Waals surface area (Å²) in [5.74, 6) is -0.955. The quantitative estimate of drug-likeness (QED) is 0.448. The Morgan fingerprint density at radius 1 is 1.36 bits per heavy atom. The molecule has 0 aliphatic carbocycles. The van der Waals surface area contributed by atoms with Gasteiger partial charge in [0, 0.05) is 24.4 Å². The van der Waals surface area contributed by atoms with Crippen LogP contribution in [0.15, 0.2) is 48.1 Å². The van der Waals surface area contributed by atoms with Crippen molar-refractivity contribution in [2.75, 3.05) is 6.61 Å². The van der Waals surface area contributed by atoms with Crippen molar-refractivity contribution in [3.8, 4) is 0 Å². The lowest BCUT2D eigenvalue weighted by Gasteiger charge is -2.11. The lowest BCUT2D eigenvalue weighted by atomic mass is 10.1. The van der Waals surface area contributed by atoms with E-state index in [-0.39, 0.29) is 37.3 Å². The number of halogens is 3. The van der Waals surface area contributed by atoms with Gasteiger partial charge in [0.25, 0.3) is 0 Å². The number of aliphatic carboxylic acids is 1. The standard InChI is InChI=1S/C16H16F3N3O3/c17-16(18,19)13-4-1-3-12(9-13)14(10-22-7-6-20-11-22)21-25-8-2-5-15(23)24/h1,3-4,6-7,9,11H,2,5,8,10H2,(H,23,24). The first-order valence-electron chi connectivity index (χ1n) is 7.40. The Morgan fingerprint density at radius 2 is 2.16 bits per heavy atom. The smallest absolute Gasteiger partial charge is 0.416 e. The highest BCUT2D eigenvalue weighted by Crippen LogP contribution is 2.29. The van der Waals surface area contributed by atoms with Gasteiger partial charge in [-0.15, -0.1) is 0 Å². The van der Waals surface area contributed by atoms with Crippen molar-refractivity contribution < 1.29 is 27.9 Å². The van der Waals surface area contributed by atoms with E-state index in [0.717, 1.165) is 12.1 Å². The van der Waals surface area contributed by atoms with Crippen LogP contribution >= 0.6 is 0 Å². The third kappa shape index (κ3) is 5.94. The van der Waals surface area contributed by atoms with Gasteiger partial charge < -0.3 is 14.5 Å². The van der Waals surface area contributed by atoms with Gasteiger partial charge in [0.1, 0.15) is 12.3 Å². The van der Waals surface area contributed by atoms with Gasteiger partial charge >= 0.3 is 12.1 Å². The van der Waals surface area contributed by atoms with E-state index >= 15 is 0 Å². The van der Waals surface area contributed by atoms with Crippen molar-refractivity contribution in [1.82, 2.24) is 9.55 Å². The summed E-state index contributed by atoms with van der Waals surface area (Å²) in [5.41, 5.74) is -0.240. The monoisotopic (exact) mass is 355 g/mol. The molecule has 9 heteroatoms. The highest BCUT2D eigenvalue weighted by molar-refractivity contribution is 6.00. The van der Waals surface area contributed by atoms with E-state index in [1.165, 1.54) is 24.7 Å². The number of rotatable bonds is 8. The van der Waals surface area contributed by atoms with E-state index in [2.05, 4.69) is 10.1 Å². The zero-order valence-electron chi connectivity index (χ0n) is 13.1. The maximum Gasteiger partial charge on any atom is 0.416 e. The molecule has 1 aromatic heterocycles. The number of imidazole rings is 1. The summed E-state index contributed by atoms with van der Waals surface area (Å²) in [4.78, 5) is 19.4. The predicted molar refractivity (Wildman–Crippen MR) is 83.0 cm³/mol. The molecule has 0 bridgehead atoms. The lowest BCUT2D eigenvalue weighted by Crippen LogP contribution is -2.13. The van der Waals surface area contributed by atoms with Crippen LogP contribution in [0, 0.1) is 0 Å². The maximum absolute atomic E-state index is 12.9. The summed E-state index contributed by atoms with van der Waals surface area (Å²) in [6.45, 7) is 0.221. The Morgan fingerprint density at radius 3 is 2.80 bits per heavy atom. The molecule has 25 heavy (non-hydrogen) atoms. The summed E-state index contributed by atoms with van der Waals surface area (Å²) >= 11 is 0. The molecular formula is C16H16F3N3O3. The fourth-order valence-electron chi connectivity index (χ4n) is 2.01. The van der Waals surface area contributed by atoms with Gasteiger partial charge in [0.15, 0.2) is 0 Å². The highest BCUT2D eigenvalue weighted by atomic mass is 19.4. The fourth-order valence-corrected chi connectivity index (χ4v) is 2.01. The second kappa shape index (κ2) is 8.32. The Labute approximate surface area is 141 Å². The highest BCUT2D eigenvalue weighted by Gasteiger charge is 2.30. The molecule has 0 spiro atoms. The van der Waals surface area contributed by atoms with Crippen molar-refractivity contribution in [3.05, 3.63) is 54.1 Å². The van der Waals surface area contributed by atoms with Gasteiger partial charge in [-0.2, -0.15) is 13.2 Å². The molecule has 1 aromatic carbocycles. The van der Waals surface area contributed by atoms with Gasteiger partial charge in [0.2, 0.25) is 0 Å². The first kappa shape index (κ1) is 18.5. The van der Waals surface area contributed by atoms with Crippen LogP contribution in [0.5, 0.6) is 0 Å². The largest absolute Gasteiger partial charge is 0.481 e. The second-order valence-corrected chi connectivity index (χ2v) is 5.18. The number of oxime groups is 1. The molecule has 2 aromatic rings. The number of aromatic nitrogens is 2. The summed E-state index contributed by atoms with van der Waals surface area (Å²) in [6, 6.07) is 4.78. The second-order valence-electron chi connectivity index (χ2n) is 5.18. The zero-order chi connectivity index (χ0) is 18.3. The Hall–Kier alpha value is -2.84. The van der Waals surface area contributed by atoms with E-state index in [9.17, 15) is 18.0 Å². The molecule has 6 nitrogen and oxygen atoms in total. The molecule has 0 aliphatic rings. The average molecular weight is 355 g/mol. The summed E-state index contributed by atoms with van der Waals surface area (Å²) in [7, 11) is 0. The van der Waals surface area contributed by atoms with Crippen LogP contribution in [0.3, 0.4) is 0 Å². The minimum atomic E-state index is -4.46. The van der Waals surface area contributed by atoms with Gasteiger partial charge in [-0.25, -0.2) is 4.98 Å². The molecule has 0 aliphatic heterocycles. The average Bonchev–Trinajstić information content (AvgIpc) is 3.05. The van der Waals surface area contributed by atoms with E-state index < -0.39 is 17.7 Å². The van der Waals surface area contributed by atoms with Crippen LogP contribution in [-0.2, 0) is 22.4 Å². The lowest BCUT2D eigenvalue weighted by molar-refractivity contribution is -0.138. The van der Waals surface area contributed by atoms with Crippen molar-refractivity contribution >= 4 is 11.7 Å². The number of nitrogens with zero attached hydrogens (tertiary/aromatic N) is 3. The topological polar surface area (TPSA) is 76.7 Å². The molecule has 1 heterocycles. The van der Waals surface area contributed by atoms with Crippen LogP contribution in [0.2, 0.25) is 0 Å². The number of carboxylic acids is 1. The SMILES string of the molecule is O=C(O)CCCON=C(Cn1ccnc1)c1cccc(C(F)(F)F)c1. The predicted octanol–water partition coefficient (Wildman–Crippen LogP) is 3.19. The van der Waals surface area contributed by atoms with Crippen molar-refractivity contribution in [2.45, 2.75) is 25.6 Å². The summed E-state index contributed by atoms with van der Waals surface area (Å²) < 4.78 is 40.3. The summed E-state index contributed by atoms with van der Waals surface area (Å²) in [6.07, 6.45) is 0.409. The van der Waals surface area contributed by atoms with Gasteiger partial charge in [-0.3, -0.25) is 4.79 Å². The molecule has 0 saturated heterocycles. The Balaban J connectivity index is 2.17. The minimum Gasteiger partial charge on any atom is -0.481 e. The first-order chi connectivity index (χ1) is 11.9. The molecule has 1 N–H and O–H groups in total. The maximum atomic E-state index is 12.9. The third-order valence-corrected chi connectivity index (χ3v) is 3.22.